The molecule has 2 rings (SSSR count). The summed E-state index contributed by atoms with van der Waals surface area (Å²) in [6.45, 7) is 9.03. The van der Waals surface area contributed by atoms with Gasteiger partial charge in [0, 0.05) is 25.7 Å². The van der Waals surface area contributed by atoms with E-state index in [-0.39, 0.29) is 42.2 Å². The lowest BCUT2D eigenvalue weighted by Crippen LogP contribution is -2.53. The van der Waals surface area contributed by atoms with Crippen LogP contribution in [0.5, 0.6) is 0 Å². The van der Waals surface area contributed by atoms with Crippen molar-refractivity contribution >= 4 is 30.7 Å². The standard InChI is InChI=1S/C18H29N3O.2ClH/c1-18(2,3)16(19)17(22)20-15-9-11-21(12-10-15)13-14-7-5-4-6-8-14;;/h4-8,15-16H,9-13,19H2,1-3H3,(H,20,22);2*1H/t16-;;/m1../s1. The molecule has 1 saturated heterocycles. The molecule has 4 nitrogen and oxygen atoms in total. The number of benzene rings is 1. The van der Waals surface area contributed by atoms with Crippen molar-refractivity contribution in [2.45, 2.75) is 52.2 Å². The van der Waals surface area contributed by atoms with E-state index in [4.69, 9.17) is 5.73 Å². The molecule has 3 N–H and O–H groups in total. The average Bonchev–Trinajstić information content (AvgIpc) is 2.48. The molecule has 138 valence electrons. The number of hydrogen-bond donors (Lipinski definition) is 2. The minimum absolute atomic E-state index is 0. The van der Waals surface area contributed by atoms with E-state index in [1.54, 1.807) is 0 Å². The van der Waals surface area contributed by atoms with Crippen molar-refractivity contribution in [3.63, 3.8) is 0 Å². The number of carbonyl (C=O) groups is 1. The summed E-state index contributed by atoms with van der Waals surface area (Å²) < 4.78 is 0. The maximum Gasteiger partial charge on any atom is 0.237 e. The van der Waals surface area contributed by atoms with Gasteiger partial charge in [0.2, 0.25) is 5.91 Å². The van der Waals surface area contributed by atoms with Crippen LogP contribution in [0, 0.1) is 5.41 Å². The Bertz CT molecular complexity index is 483. The Morgan fingerprint density at radius 2 is 1.75 bits per heavy atom. The molecule has 0 saturated carbocycles. The first-order chi connectivity index (χ1) is 10.4. The van der Waals surface area contributed by atoms with E-state index in [0.29, 0.717) is 0 Å². The third kappa shape index (κ3) is 6.98. The van der Waals surface area contributed by atoms with Gasteiger partial charge in [-0.2, -0.15) is 0 Å². The first kappa shape index (κ1) is 23.2. The molecule has 0 aliphatic carbocycles. The van der Waals surface area contributed by atoms with E-state index in [2.05, 4.69) is 34.5 Å². The van der Waals surface area contributed by atoms with Crippen LogP contribution in [0.1, 0.15) is 39.2 Å². The quantitative estimate of drug-likeness (QED) is 0.850. The van der Waals surface area contributed by atoms with E-state index in [0.717, 1.165) is 32.5 Å². The van der Waals surface area contributed by atoms with E-state index in [1.165, 1.54) is 5.56 Å². The van der Waals surface area contributed by atoms with Crippen LogP contribution in [0.3, 0.4) is 0 Å². The fourth-order valence-corrected chi connectivity index (χ4v) is 2.76. The Labute approximate surface area is 158 Å². The molecule has 24 heavy (non-hydrogen) atoms. The summed E-state index contributed by atoms with van der Waals surface area (Å²) in [7, 11) is 0. The number of halogens is 2. The fraction of sp³-hybridized carbons (Fsp3) is 0.611. The largest absolute Gasteiger partial charge is 0.352 e. The molecule has 1 amide bonds. The number of carbonyl (C=O) groups excluding carboxylic acids is 1. The zero-order valence-electron chi connectivity index (χ0n) is 14.8. The molecule has 1 aliphatic heterocycles. The Balaban J connectivity index is 0.00000264. The van der Waals surface area contributed by atoms with Gasteiger partial charge in [0.05, 0.1) is 6.04 Å². The monoisotopic (exact) mass is 375 g/mol. The molecule has 0 spiro atoms. The van der Waals surface area contributed by atoms with Gasteiger partial charge in [0.1, 0.15) is 0 Å². The molecule has 0 radical (unpaired) electrons. The number of nitrogens with zero attached hydrogens (tertiary/aromatic N) is 1. The molecule has 1 heterocycles. The highest BCUT2D eigenvalue weighted by Crippen LogP contribution is 2.19. The third-order valence-corrected chi connectivity index (χ3v) is 4.40. The molecule has 0 aromatic heterocycles. The number of amides is 1. The Kier molecular flexibility index (Phi) is 9.90. The lowest BCUT2D eigenvalue weighted by atomic mass is 9.86. The minimum atomic E-state index is -0.449. The number of piperidine rings is 1. The van der Waals surface area contributed by atoms with Crippen LogP contribution in [0.15, 0.2) is 30.3 Å². The van der Waals surface area contributed by atoms with E-state index in [9.17, 15) is 4.79 Å². The van der Waals surface area contributed by atoms with Gasteiger partial charge in [-0.3, -0.25) is 9.69 Å². The van der Waals surface area contributed by atoms with Crippen LogP contribution in [0.25, 0.3) is 0 Å². The van der Waals surface area contributed by atoms with E-state index < -0.39 is 6.04 Å². The molecule has 1 fully saturated rings. The van der Waals surface area contributed by atoms with Crippen LogP contribution in [-0.4, -0.2) is 36.0 Å². The third-order valence-electron chi connectivity index (χ3n) is 4.40. The smallest absolute Gasteiger partial charge is 0.237 e. The lowest BCUT2D eigenvalue weighted by Gasteiger charge is -2.34. The summed E-state index contributed by atoms with van der Waals surface area (Å²) >= 11 is 0. The average molecular weight is 376 g/mol. The van der Waals surface area contributed by atoms with Crippen LogP contribution in [-0.2, 0) is 11.3 Å². The molecule has 0 bridgehead atoms. The summed E-state index contributed by atoms with van der Waals surface area (Å²) in [5, 5.41) is 3.12. The van der Waals surface area contributed by atoms with Crippen molar-refractivity contribution in [3.05, 3.63) is 35.9 Å². The molecular weight excluding hydrogens is 345 g/mol. The molecule has 1 aliphatic rings. The van der Waals surface area contributed by atoms with Crippen LogP contribution < -0.4 is 11.1 Å². The number of nitrogens with one attached hydrogen (secondary N) is 1. The maximum absolute atomic E-state index is 12.2. The predicted molar refractivity (Wildman–Crippen MR) is 105 cm³/mol. The second-order valence-electron chi connectivity index (χ2n) is 7.39. The Morgan fingerprint density at radius 1 is 1.21 bits per heavy atom. The van der Waals surface area contributed by atoms with Gasteiger partial charge in [-0.15, -0.1) is 24.8 Å². The highest BCUT2D eigenvalue weighted by atomic mass is 35.5. The number of hydrogen-bond acceptors (Lipinski definition) is 3. The summed E-state index contributed by atoms with van der Waals surface area (Å²) in [4.78, 5) is 14.6. The van der Waals surface area contributed by atoms with Crippen LogP contribution in [0.2, 0.25) is 0 Å². The van der Waals surface area contributed by atoms with E-state index in [1.807, 2.05) is 26.8 Å². The van der Waals surface area contributed by atoms with Gasteiger partial charge in [-0.1, -0.05) is 51.1 Å². The molecule has 1 aromatic carbocycles. The van der Waals surface area contributed by atoms with E-state index >= 15 is 0 Å². The Morgan fingerprint density at radius 3 is 2.25 bits per heavy atom. The summed E-state index contributed by atoms with van der Waals surface area (Å²) in [6, 6.07) is 10.3. The van der Waals surface area contributed by atoms with Crippen LogP contribution >= 0.6 is 24.8 Å². The zero-order valence-corrected chi connectivity index (χ0v) is 16.5. The van der Waals surface area contributed by atoms with Gasteiger partial charge in [-0.25, -0.2) is 0 Å². The zero-order chi connectivity index (χ0) is 16.2. The minimum Gasteiger partial charge on any atom is -0.352 e. The van der Waals surface area contributed by atoms with Gasteiger partial charge >= 0.3 is 0 Å². The summed E-state index contributed by atoms with van der Waals surface area (Å²) in [5.74, 6) is -0.0194. The van der Waals surface area contributed by atoms with Gasteiger partial charge in [0.15, 0.2) is 0 Å². The predicted octanol–water partition coefficient (Wildman–Crippen LogP) is 2.98. The van der Waals surface area contributed by atoms with Crippen molar-refractivity contribution < 1.29 is 4.79 Å². The second kappa shape index (κ2) is 10.2. The van der Waals surface area contributed by atoms with Crippen molar-refractivity contribution in [2.24, 2.45) is 11.1 Å². The first-order valence-corrected chi connectivity index (χ1v) is 8.18. The Hall–Kier alpha value is -0.810. The van der Waals surface area contributed by atoms with Crippen molar-refractivity contribution in [1.82, 2.24) is 10.2 Å². The van der Waals surface area contributed by atoms with Gasteiger partial charge < -0.3 is 11.1 Å². The molecule has 1 aromatic rings. The van der Waals surface area contributed by atoms with Gasteiger partial charge in [0.25, 0.3) is 0 Å². The molecular formula is C18H31Cl2N3O. The summed E-state index contributed by atoms with van der Waals surface area (Å²) in [6.07, 6.45) is 1.99. The number of likely N-dealkylation sites (tertiary alicyclic amines) is 1. The fourth-order valence-electron chi connectivity index (χ4n) is 2.76. The van der Waals surface area contributed by atoms with Gasteiger partial charge in [-0.05, 0) is 23.8 Å². The summed E-state index contributed by atoms with van der Waals surface area (Å²) in [5.41, 5.74) is 7.17. The molecule has 0 unspecified atom stereocenters. The second-order valence-corrected chi connectivity index (χ2v) is 7.39. The first-order valence-electron chi connectivity index (χ1n) is 8.18. The number of rotatable bonds is 4. The highest BCUT2D eigenvalue weighted by Gasteiger charge is 2.29. The number of nitrogens with two attached hydrogens (primary N) is 1. The van der Waals surface area contributed by atoms with Crippen molar-refractivity contribution in [3.8, 4) is 0 Å². The van der Waals surface area contributed by atoms with Crippen molar-refractivity contribution in [1.29, 1.82) is 0 Å². The van der Waals surface area contributed by atoms with Crippen LogP contribution in [0.4, 0.5) is 0 Å². The topological polar surface area (TPSA) is 58.4 Å². The van der Waals surface area contributed by atoms with Crippen molar-refractivity contribution in [2.75, 3.05) is 13.1 Å². The lowest BCUT2D eigenvalue weighted by molar-refractivity contribution is -0.125. The molecule has 6 heteroatoms. The SMILES string of the molecule is CC(C)(C)[C@H](N)C(=O)NC1CCN(Cc2ccccc2)CC1.Cl.Cl. The maximum atomic E-state index is 12.2. The molecule has 1 atom stereocenters. The highest BCUT2D eigenvalue weighted by molar-refractivity contribution is 5.85. The normalized spacial score (nSPS) is 17.3.